The van der Waals surface area contributed by atoms with Crippen molar-refractivity contribution < 1.29 is 4.79 Å². The Morgan fingerprint density at radius 1 is 1.21 bits per heavy atom. The molecule has 112 valence electrons. The fourth-order valence-corrected chi connectivity index (χ4v) is 2.65. The average Bonchev–Trinajstić information content (AvgIpc) is 2.44. The van der Waals surface area contributed by atoms with Gasteiger partial charge in [0.15, 0.2) is 0 Å². The standard InChI is InChI=1S/C14H30N4O/c1-4-12(3)17-6-8-18(9-7-17)13(11-15)10-14(19)16-5-2/h12-13H,4-11,15H2,1-3H3,(H,16,19). The van der Waals surface area contributed by atoms with Crippen LogP contribution in [-0.2, 0) is 4.79 Å². The largest absolute Gasteiger partial charge is 0.356 e. The number of hydrogen-bond acceptors (Lipinski definition) is 4. The Balaban J connectivity index is 2.41. The average molecular weight is 270 g/mol. The van der Waals surface area contributed by atoms with Gasteiger partial charge in [0, 0.05) is 57.8 Å². The molecule has 1 aliphatic rings. The third-order valence-electron chi connectivity index (χ3n) is 4.15. The number of rotatable bonds is 7. The molecule has 19 heavy (non-hydrogen) atoms. The van der Waals surface area contributed by atoms with Crippen molar-refractivity contribution in [3.8, 4) is 0 Å². The van der Waals surface area contributed by atoms with Crippen molar-refractivity contribution in [2.45, 2.75) is 45.7 Å². The van der Waals surface area contributed by atoms with E-state index in [4.69, 9.17) is 5.73 Å². The van der Waals surface area contributed by atoms with Gasteiger partial charge in [-0.05, 0) is 20.3 Å². The van der Waals surface area contributed by atoms with Crippen molar-refractivity contribution in [1.29, 1.82) is 0 Å². The molecule has 3 N–H and O–H groups in total. The van der Waals surface area contributed by atoms with Crippen LogP contribution in [0.15, 0.2) is 0 Å². The van der Waals surface area contributed by atoms with Crippen LogP contribution in [0.25, 0.3) is 0 Å². The normalized spacial score (nSPS) is 21.1. The molecular weight excluding hydrogens is 240 g/mol. The maximum Gasteiger partial charge on any atom is 0.221 e. The summed E-state index contributed by atoms with van der Waals surface area (Å²) >= 11 is 0. The summed E-state index contributed by atoms with van der Waals surface area (Å²) in [5.74, 6) is 0.113. The molecule has 1 amide bonds. The van der Waals surface area contributed by atoms with E-state index >= 15 is 0 Å². The van der Waals surface area contributed by atoms with E-state index in [2.05, 4.69) is 29.0 Å². The highest BCUT2D eigenvalue weighted by Crippen LogP contribution is 2.12. The summed E-state index contributed by atoms with van der Waals surface area (Å²) in [5.41, 5.74) is 5.83. The van der Waals surface area contributed by atoms with Gasteiger partial charge in [-0.3, -0.25) is 14.6 Å². The quantitative estimate of drug-likeness (QED) is 0.696. The van der Waals surface area contributed by atoms with Crippen molar-refractivity contribution in [3.05, 3.63) is 0 Å². The van der Waals surface area contributed by atoms with E-state index in [1.54, 1.807) is 0 Å². The summed E-state index contributed by atoms with van der Waals surface area (Å²) in [6.07, 6.45) is 1.72. The first-order valence-electron chi connectivity index (χ1n) is 7.57. The van der Waals surface area contributed by atoms with E-state index in [1.807, 2.05) is 6.92 Å². The Bertz CT molecular complexity index is 264. The molecule has 1 aliphatic heterocycles. The molecule has 0 saturated carbocycles. The Kier molecular flexibility index (Phi) is 7.34. The van der Waals surface area contributed by atoms with Crippen LogP contribution in [0.5, 0.6) is 0 Å². The van der Waals surface area contributed by atoms with Gasteiger partial charge in [-0.2, -0.15) is 0 Å². The molecule has 0 aromatic rings. The van der Waals surface area contributed by atoms with Crippen LogP contribution in [0, 0.1) is 0 Å². The van der Waals surface area contributed by atoms with Crippen molar-refractivity contribution in [1.82, 2.24) is 15.1 Å². The number of nitrogens with zero attached hydrogens (tertiary/aromatic N) is 2. The lowest BCUT2D eigenvalue weighted by atomic mass is 10.1. The van der Waals surface area contributed by atoms with Gasteiger partial charge in [-0.1, -0.05) is 6.92 Å². The van der Waals surface area contributed by atoms with Crippen LogP contribution in [-0.4, -0.2) is 67.1 Å². The molecule has 0 aromatic heterocycles. The Morgan fingerprint density at radius 3 is 2.26 bits per heavy atom. The Labute approximate surface area is 117 Å². The number of carbonyl (C=O) groups is 1. The molecule has 1 saturated heterocycles. The zero-order valence-electron chi connectivity index (χ0n) is 12.7. The first kappa shape index (κ1) is 16.4. The molecule has 1 rings (SSSR count). The van der Waals surface area contributed by atoms with Gasteiger partial charge in [0.25, 0.3) is 0 Å². The summed E-state index contributed by atoms with van der Waals surface area (Å²) in [6, 6.07) is 0.840. The van der Waals surface area contributed by atoms with Crippen LogP contribution in [0.1, 0.15) is 33.6 Å². The van der Waals surface area contributed by atoms with Gasteiger partial charge in [0.2, 0.25) is 5.91 Å². The van der Waals surface area contributed by atoms with E-state index in [9.17, 15) is 4.79 Å². The molecule has 2 unspecified atom stereocenters. The van der Waals surface area contributed by atoms with Gasteiger partial charge in [-0.15, -0.1) is 0 Å². The van der Waals surface area contributed by atoms with E-state index in [-0.39, 0.29) is 11.9 Å². The molecule has 1 heterocycles. The van der Waals surface area contributed by atoms with Crippen LogP contribution in [0.2, 0.25) is 0 Å². The van der Waals surface area contributed by atoms with Gasteiger partial charge in [0.05, 0.1) is 0 Å². The minimum atomic E-state index is 0.113. The van der Waals surface area contributed by atoms with Crippen molar-refractivity contribution in [3.63, 3.8) is 0 Å². The number of amides is 1. The smallest absolute Gasteiger partial charge is 0.221 e. The number of hydrogen-bond donors (Lipinski definition) is 2. The fraction of sp³-hybridized carbons (Fsp3) is 0.929. The van der Waals surface area contributed by atoms with Crippen LogP contribution < -0.4 is 11.1 Å². The molecule has 0 bridgehead atoms. The molecule has 0 aliphatic carbocycles. The van der Waals surface area contributed by atoms with E-state index < -0.39 is 0 Å². The van der Waals surface area contributed by atoms with Crippen molar-refractivity contribution in [2.75, 3.05) is 39.3 Å². The summed E-state index contributed by atoms with van der Waals surface area (Å²) in [4.78, 5) is 16.6. The molecule has 0 radical (unpaired) electrons. The lowest BCUT2D eigenvalue weighted by molar-refractivity contribution is -0.122. The van der Waals surface area contributed by atoms with Crippen LogP contribution in [0.4, 0.5) is 0 Å². The van der Waals surface area contributed by atoms with Gasteiger partial charge >= 0.3 is 0 Å². The summed E-state index contributed by atoms with van der Waals surface area (Å²) in [6.45, 7) is 11.9. The maximum atomic E-state index is 11.7. The first-order chi connectivity index (χ1) is 9.12. The number of nitrogens with one attached hydrogen (secondary N) is 1. The molecule has 0 spiro atoms. The molecule has 5 nitrogen and oxygen atoms in total. The highest BCUT2D eigenvalue weighted by Gasteiger charge is 2.25. The predicted molar refractivity (Wildman–Crippen MR) is 79.0 cm³/mol. The molecule has 2 atom stereocenters. The monoisotopic (exact) mass is 270 g/mol. The molecular formula is C14H30N4O. The van der Waals surface area contributed by atoms with Gasteiger partial charge < -0.3 is 11.1 Å². The van der Waals surface area contributed by atoms with Crippen LogP contribution in [0.3, 0.4) is 0 Å². The van der Waals surface area contributed by atoms with Crippen LogP contribution >= 0.6 is 0 Å². The number of carbonyl (C=O) groups excluding carboxylic acids is 1. The zero-order chi connectivity index (χ0) is 14.3. The summed E-state index contributed by atoms with van der Waals surface area (Å²) < 4.78 is 0. The second kappa shape index (κ2) is 8.51. The minimum Gasteiger partial charge on any atom is -0.356 e. The second-order valence-corrected chi connectivity index (χ2v) is 5.38. The SMILES string of the molecule is CCNC(=O)CC(CN)N1CCN(C(C)CC)CC1. The molecule has 5 heteroatoms. The lowest BCUT2D eigenvalue weighted by Gasteiger charge is -2.41. The highest BCUT2D eigenvalue weighted by molar-refractivity contribution is 5.76. The Morgan fingerprint density at radius 2 is 1.79 bits per heavy atom. The zero-order valence-corrected chi connectivity index (χ0v) is 12.7. The van der Waals surface area contributed by atoms with Gasteiger partial charge in [-0.25, -0.2) is 0 Å². The maximum absolute atomic E-state index is 11.7. The van der Waals surface area contributed by atoms with Gasteiger partial charge in [0.1, 0.15) is 0 Å². The van der Waals surface area contributed by atoms with E-state index in [0.717, 1.165) is 26.2 Å². The minimum absolute atomic E-state index is 0.113. The first-order valence-corrected chi connectivity index (χ1v) is 7.57. The topological polar surface area (TPSA) is 61.6 Å². The second-order valence-electron chi connectivity index (χ2n) is 5.38. The Hall–Kier alpha value is -0.650. The van der Waals surface area contributed by atoms with Crippen molar-refractivity contribution in [2.24, 2.45) is 5.73 Å². The summed E-state index contributed by atoms with van der Waals surface area (Å²) in [7, 11) is 0. The fourth-order valence-electron chi connectivity index (χ4n) is 2.65. The number of nitrogens with two attached hydrogens (primary N) is 1. The molecule has 0 aromatic carbocycles. The molecule has 1 fully saturated rings. The van der Waals surface area contributed by atoms with Crippen molar-refractivity contribution >= 4 is 5.91 Å². The summed E-state index contributed by atoms with van der Waals surface area (Å²) in [5, 5.41) is 2.85. The third kappa shape index (κ3) is 5.09. The number of piperazine rings is 1. The third-order valence-corrected chi connectivity index (χ3v) is 4.15. The predicted octanol–water partition coefficient (Wildman–Crippen LogP) is 0.256. The lowest BCUT2D eigenvalue weighted by Crippen LogP contribution is -2.55. The van der Waals surface area contributed by atoms with E-state index in [1.165, 1.54) is 6.42 Å². The highest BCUT2D eigenvalue weighted by atomic mass is 16.1. The van der Waals surface area contributed by atoms with E-state index in [0.29, 0.717) is 25.6 Å².